The van der Waals surface area contributed by atoms with Gasteiger partial charge in [-0.15, -0.1) is 0 Å². The summed E-state index contributed by atoms with van der Waals surface area (Å²) in [6.07, 6.45) is 2.91. The molecule has 1 rings (SSSR count). The van der Waals surface area contributed by atoms with E-state index in [1.165, 1.54) is 0 Å². The molecule has 0 aliphatic heterocycles. The first-order valence-corrected chi connectivity index (χ1v) is 7.21. The van der Waals surface area contributed by atoms with Crippen molar-refractivity contribution in [2.24, 2.45) is 0 Å². The van der Waals surface area contributed by atoms with Gasteiger partial charge in [-0.25, -0.2) is 0 Å². The molecule has 5 heteroatoms. The minimum atomic E-state index is -0.161. The molecule has 0 heterocycles. The van der Waals surface area contributed by atoms with Crippen molar-refractivity contribution in [1.29, 1.82) is 0 Å². The van der Waals surface area contributed by atoms with Crippen LogP contribution in [0.3, 0.4) is 0 Å². The Bertz CT molecular complexity index is 398. The quantitative estimate of drug-likeness (QED) is 0.811. The maximum atomic E-state index is 12.0. The monoisotopic (exact) mass is 272 g/mol. The SMILES string of the molecule is CCC(CSC)NC(=O)c1cccc(Cl)c1N. The summed E-state index contributed by atoms with van der Waals surface area (Å²) in [5.74, 6) is 0.730. The van der Waals surface area contributed by atoms with Crippen molar-refractivity contribution in [3.63, 3.8) is 0 Å². The van der Waals surface area contributed by atoms with Crippen LogP contribution >= 0.6 is 23.4 Å². The van der Waals surface area contributed by atoms with Gasteiger partial charge in [-0.3, -0.25) is 4.79 Å². The lowest BCUT2D eigenvalue weighted by molar-refractivity contribution is 0.0941. The largest absolute Gasteiger partial charge is 0.397 e. The highest BCUT2D eigenvalue weighted by atomic mass is 35.5. The number of rotatable bonds is 5. The number of amides is 1. The van der Waals surface area contributed by atoms with Crippen molar-refractivity contribution in [2.45, 2.75) is 19.4 Å². The molecule has 0 aromatic heterocycles. The van der Waals surface area contributed by atoms with Crippen molar-refractivity contribution in [3.8, 4) is 0 Å². The van der Waals surface area contributed by atoms with Crippen molar-refractivity contribution in [3.05, 3.63) is 28.8 Å². The van der Waals surface area contributed by atoms with Crippen LogP contribution in [0.25, 0.3) is 0 Å². The van der Waals surface area contributed by atoms with Gasteiger partial charge in [-0.2, -0.15) is 11.8 Å². The average molecular weight is 273 g/mol. The second-order valence-corrected chi connectivity index (χ2v) is 5.05. The highest BCUT2D eigenvalue weighted by molar-refractivity contribution is 7.98. The van der Waals surface area contributed by atoms with Crippen molar-refractivity contribution in [1.82, 2.24) is 5.32 Å². The minimum absolute atomic E-state index is 0.161. The summed E-state index contributed by atoms with van der Waals surface area (Å²) in [4.78, 5) is 12.0. The highest BCUT2D eigenvalue weighted by Crippen LogP contribution is 2.22. The molecular weight excluding hydrogens is 256 g/mol. The standard InChI is InChI=1S/C12H17ClN2OS/c1-3-8(7-17-2)15-12(16)9-5-4-6-10(13)11(9)14/h4-6,8H,3,7,14H2,1-2H3,(H,15,16). The minimum Gasteiger partial charge on any atom is -0.397 e. The van der Waals surface area contributed by atoms with Gasteiger partial charge in [0, 0.05) is 11.8 Å². The Balaban J connectivity index is 2.79. The van der Waals surface area contributed by atoms with E-state index >= 15 is 0 Å². The average Bonchev–Trinajstić information content (AvgIpc) is 2.31. The summed E-state index contributed by atoms with van der Waals surface area (Å²) in [5, 5.41) is 3.37. The van der Waals surface area contributed by atoms with Crippen molar-refractivity contribution >= 4 is 35.0 Å². The molecule has 0 aliphatic carbocycles. The van der Waals surface area contributed by atoms with Gasteiger partial charge < -0.3 is 11.1 Å². The molecule has 1 atom stereocenters. The van der Waals surface area contributed by atoms with Crippen LogP contribution in [0.4, 0.5) is 5.69 Å². The van der Waals surface area contributed by atoms with E-state index in [1.807, 2.05) is 13.2 Å². The molecule has 3 nitrogen and oxygen atoms in total. The Morgan fingerprint density at radius 3 is 2.88 bits per heavy atom. The third-order valence-corrected chi connectivity index (χ3v) is 3.56. The van der Waals surface area contributed by atoms with Gasteiger partial charge in [-0.1, -0.05) is 24.6 Å². The maximum Gasteiger partial charge on any atom is 0.253 e. The number of carbonyl (C=O) groups is 1. The molecule has 3 N–H and O–H groups in total. The predicted octanol–water partition coefficient (Wildman–Crippen LogP) is 2.79. The zero-order chi connectivity index (χ0) is 12.8. The Morgan fingerprint density at radius 2 is 2.29 bits per heavy atom. The number of thioether (sulfide) groups is 1. The molecular formula is C12H17ClN2OS. The van der Waals surface area contributed by atoms with Gasteiger partial charge in [0.05, 0.1) is 16.3 Å². The number of hydrogen-bond acceptors (Lipinski definition) is 3. The fraction of sp³-hybridized carbons (Fsp3) is 0.417. The lowest BCUT2D eigenvalue weighted by Crippen LogP contribution is -2.36. The Morgan fingerprint density at radius 1 is 1.59 bits per heavy atom. The number of para-hydroxylation sites is 1. The topological polar surface area (TPSA) is 55.1 Å². The molecule has 0 fully saturated rings. The molecule has 1 aromatic rings. The molecule has 0 saturated heterocycles. The van der Waals surface area contributed by atoms with Crippen LogP contribution in [-0.2, 0) is 0 Å². The van der Waals surface area contributed by atoms with E-state index in [2.05, 4.69) is 5.32 Å². The van der Waals surface area contributed by atoms with E-state index in [9.17, 15) is 4.79 Å². The second-order valence-electron chi connectivity index (χ2n) is 3.74. The van der Waals surface area contributed by atoms with E-state index in [1.54, 1.807) is 30.0 Å². The number of hydrogen-bond donors (Lipinski definition) is 2. The number of benzene rings is 1. The molecule has 1 unspecified atom stereocenters. The van der Waals surface area contributed by atoms with E-state index in [0.29, 0.717) is 16.3 Å². The molecule has 1 amide bonds. The zero-order valence-corrected chi connectivity index (χ0v) is 11.6. The summed E-state index contributed by atoms with van der Waals surface area (Å²) in [7, 11) is 0. The highest BCUT2D eigenvalue weighted by Gasteiger charge is 2.15. The molecule has 94 valence electrons. The number of nitrogen functional groups attached to an aromatic ring is 1. The molecule has 0 spiro atoms. The first-order chi connectivity index (χ1) is 8.10. The number of nitrogens with one attached hydrogen (secondary N) is 1. The van der Waals surface area contributed by atoms with Crippen LogP contribution in [0, 0.1) is 0 Å². The lowest BCUT2D eigenvalue weighted by Gasteiger charge is -2.16. The normalized spacial score (nSPS) is 12.2. The van der Waals surface area contributed by atoms with Gasteiger partial charge in [0.15, 0.2) is 0 Å². The van der Waals surface area contributed by atoms with E-state index in [0.717, 1.165) is 12.2 Å². The third-order valence-electron chi connectivity index (χ3n) is 2.49. The smallest absolute Gasteiger partial charge is 0.253 e. The van der Waals surface area contributed by atoms with Crippen LogP contribution in [0.15, 0.2) is 18.2 Å². The van der Waals surface area contributed by atoms with Gasteiger partial charge >= 0.3 is 0 Å². The fourth-order valence-corrected chi connectivity index (χ4v) is 2.36. The van der Waals surface area contributed by atoms with E-state index < -0.39 is 0 Å². The Hall–Kier alpha value is -0.870. The van der Waals surface area contributed by atoms with Gasteiger partial charge in [0.25, 0.3) is 5.91 Å². The number of carbonyl (C=O) groups excluding carboxylic acids is 1. The molecule has 0 aliphatic rings. The van der Waals surface area contributed by atoms with Crippen LogP contribution in [0.1, 0.15) is 23.7 Å². The van der Waals surface area contributed by atoms with Crippen LogP contribution < -0.4 is 11.1 Å². The molecule has 1 aromatic carbocycles. The Kier molecular flexibility index (Phi) is 5.65. The predicted molar refractivity (Wildman–Crippen MR) is 75.8 cm³/mol. The molecule has 0 bridgehead atoms. The van der Waals surface area contributed by atoms with Crippen LogP contribution in [-0.4, -0.2) is 24.0 Å². The summed E-state index contributed by atoms with van der Waals surface area (Å²) >= 11 is 7.59. The maximum absolute atomic E-state index is 12.0. The number of halogens is 1. The van der Waals surface area contributed by atoms with Gasteiger partial charge in [0.2, 0.25) is 0 Å². The summed E-state index contributed by atoms with van der Waals surface area (Å²) < 4.78 is 0. The first-order valence-electron chi connectivity index (χ1n) is 5.44. The summed E-state index contributed by atoms with van der Waals surface area (Å²) in [6, 6.07) is 5.24. The van der Waals surface area contributed by atoms with E-state index in [-0.39, 0.29) is 11.9 Å². The number of anilines is 1. The van der Waals surface area contributed by atoms with Gasteiger partial charge in [0.1, 0.15) is 0 Å². The van der Waals surface area contributed by atoms with Gasteiger partial charge in [-0.05, 0) is 24.8 Å². The Labute approximate surface area is 111 Å². The van der Waals surface area contributed by atoms with E-state index in [4.69, 9.17) is 17.3 Å². The van der Waals surface area contributed by atoms with Crippen molar-refractivity contribution < 1.29 is 4.79 Å². The van der Waals surface area contributed by atoms with Crippen LogP contribution in [0.2, 0.25) is 5.02 Å². The first kappa shape index (κ1) is 14.2. The fourth-order valence-electron chi connectivity index (χ4n) is 1.46. The summed E-state index contributed by atoms with van der Waals surface area (Å²) in [5.41, 5.74) is 6.56. The third kappa shape index (κ3) is 3.82. The lowest BCUT2D eigenvalue weighted by atomic mass is 10.1. The molecule has 17 heavy (non-hydrogen) atoms. The summed E-state index contributed by atoms with van der Waals surface area (Å²) in [6.45, 7) is 2.04. The van der Waals surface area contributed by atoms with Crippen LogP contribution in [0.5, 0.6) is 0 Å². The molecule has 0 radical (unpaired) electrons. The second kappa shape index (κ2) is 6.77. The zero-order valence-electron chi connectivity index (χ0n) is 10.00. The molecule has 0 saturated carbocycles. The number of nitrogens with two attached hydrogens (primary N) is 1. The van der Waals surface area contributed by atoms with Crippen molar-refractivity contribution in [2.75, 3.05) is 17.7 Å².